The van der Waals surface area contributed by atoms with Gasteiger partial charge in [-0.2, -0.15) is 0 Å². The summed E-state index contributed by atoms with van der Waals surface area (Å²) in [5, 5.41) is 3.61. The summed E-state index contributed by atoms with van der Waals surface area (Å²) in [6.07, 6.45) is 7.94. The van der Waals surface area contributed by atoms with E-state index in [9.17, 15) is 0 Å². The van der Waals surface area contributed by atoms with Crippen molar-refractivity contribution in [3.05, 3.63) is 18.2 Å². The monoisotopic (exact) mass is 249 g/mol. The van der Waals surface area contributed by atoms with Crippen LogP contribution >= 0.6 is 0 Å². The van der Waals surface area contributed by atoms with Crippen LogP contribution in [0.3, 0.4) is 0 Å². The molecule has 0 aromatic heterocycles. The fourth-order valence-electron chi connectivity index (χ4n) is 2.55. The van der Waals surface area contributed by atoms with Crippen molar-refractivity contribution >= 4 is 5.69 Å². The molecule has 0 radical (unpaired) electrons. The molecular weight excluding hydrogens is 226 g/mol. The first-order valence-electron chi connectivity index (χ1n) is 6.81. The van der Waals surface area contributed by atoms with Gasteiger partial charge < -0.3 is 14.8 Å². The number of benzene rings is 1. The van der Waals surface area contributed by atoms with Crippen LogP contribution in [-0.4, -0.2) is 20.3 Å². The lowest BCUT2D eigenvalue weighted by Crippen LogP contribution is -2.18. The molecule has 0 spiro atoms. The van der Waals surface area contributed by atoms with Crippen molar-refractivity contribution < 1.29 is 9.47 Å². The van der Waals surface area contributed by atoms with E-state index in [0.29, 0.717) is 6.04 Å². The molecule has 1 aliphatic rings. The van der Waals surface area contributed by atoms with E-state index >= 15 is 0 Å². The van der Waals surface area contributed by atoms with E-state index in [1.807, 2.05) is 18.2 Å². The first-order chi connectivity index (χ1) is 8.81. The van der Waals surface area contributed by atoms with E-state index in [0.717, 1.165) is 17.2 Å². The summed E-state index contributed by atoms with van der Waals surface area (Å²) in [5.74, 6) is 1.68. The van der Waals surface area contributed by atoms with Gasteiger partial charge in [-0.25, -0.2) is 0 Å². The quantitative estimate of drug-likeness (QED) is 0.822. The van der Waals surface area contributed by atoms with Crippen LogP contribution in [-0.2, 0) is 0 Å². The highest BCUT2D eigenvalue weighted by atomic mass is 16.5. The molecule has 1 fully saturated rings. The Morgan fingerprint density at radius 3 is 1.94 bits per heavy atom. The van der Waals surface area contributed by atoms with Gasteiger partial charge >= 0.3 is 0 Å². The third-order valence-electron chi connectivity index (χ3n) is 3.58. The van der Waals surface area contributed by atoms with Gasteiger partial charge in [-0.05, 0) is 12.8 Å². The summed E-state index contributed by atoms with van der Waals surface area (Å²) in [7, 11) is 3.37. The number of anilines is 1. The number of methoxy groups -OCH3 is 2. The molecule has 0 unspecified atom stereocenters. The molecule has 1 aromatic rings. The molecule has 1 aromatic carbocycles. The Morgan fingerprint density at radius 2 is 1.44 bits per heavy atom. The number of hydrogen-bond acceptors (Lipinski definition) is 3. The third kappa shape index (κ3) is 3.56. The molecule has 3 heteroatoms. The molecule has 0 atom stereocenters. The van der Waals surface area contributed by atoms with Crippen molar-refractivity contribution in [1.29, 1.82) is 0 Å². The van der Waals surface area contributed by atoms with Crippen molar-refractivity contribution in [1.82, 2.24) is 0 Å². The van der Waals surface area contributed by atoms with E-state index < -0.39 is 0 Å². The Hall–Kier alpha value is -1.38. The highest BCUT2D eigenvalue weighted by molar-refractivity contribution is 5.54. The van der Waals surface area contributed by atoms with Crippen molar-refractivity contribution in [2.75, 3.05) is 19.5 Å². The van der Waals surface area contributed by atoms with Gasteiger partial charge in [-0.1, -0.05) is 25.7 Å². The smallest absolute Gasteiger partial charge is 0.124 e. The SMILES string of the molecule is COc1cc(NC2CCCCCC2)cc(OC)c1. The van der Waals surface area contributed by atoms with E-state index in [1.165, 1.54) is 38.5 Å². The van der Waals surface area contributed by atoms with Gasteiger partial charge in [0.05, 0.1) is 14.2 Å². The lowest BCUT2D eigenvalue weighted by molar-refractivity contribution is 0.394. The van der Waals surface area contributed by atoms with Crippen LogP contribution in [0, 0.1) is 0 Å². The Kier molecular flexibility index (Phi) is 4.73. The van der Waals surface area contributed by atoms with Gasteiger partial charge in [-0.15, -0.1) is 0 Å². The zero-order chi connectivity index (χ0) is 12.8. The van der Waals surface area contributed by atoms with Crippen LogP contribution in [0.2, 0.25) is 0 Å². The molecule has 0 bridgehead atoms. The van der Waals surface area contributed by atoms with Gasteiger partial charge in [0.1, 0.15) is 11.5 Å². The molecule has 18 heavy (non-hydrogen) atoms. The van der Waals surface area contributed by atoms with Gasteiger partial charge in [0.25, 0.3) is 0 Å². The van der Waals surface area contributed by atoms with Gasteiger partial charge in [0.15, 0.2) is 0 Å². The summed E-state index contributed by atoms with van der Waals surface area (Å²) in [6, 6.07) is 6.56. The number of rotatable bonds is 4. The lowest BCUT2D eigenvalue weighted by atomic mass is 10.1. The van der Waals surface area contributed by atoms with Crippen molar-refractivity contribution in [2.45, 2.75) is 44.6 Å². The number of hydrogen-bond donors (Lipinski definition) is 1. The van der Waals surface area contributed by atoms with Crippen LogP contribution in [0.25, 0.3) is 0 Å². The first-order valence-corrected chi connectivity index (χ1v) is 6.81. The Balaban J connectivity index is 2.06. The molecule has 0 aliphatic heterocycles. The standard InChI is InChI=1S/C15H23NO2/c1-17-14-9-13(10-15(11-14)18-2)16-12-7-5-3-4-6-8-12/h9-12,16H,3-8H2,1-2H3. The van der Waals surface area contributed by atoms with Crippen LogP contribution in [0.4, 0.5) is 5.69 Å². The van der Waals surface area contributed by atoms with E-state index in [-0.39, 0.29) is 0 Å². The average molecular weight is 249 g/mol. The fraction of sp³-hybridized carbons (Fsp3) is 0.600. The van der Waals surface area contributed by atoms with Crippen LogP contribution < -0.4 is 14.8 Å². The summed E-state index contributed by atoms with van der Waals surface area (Å²) in [6.45, 7) is 0. The fourth-order valence-corrected chi connectivity index (χ4v) is 2.55. The summed E-state index contributed by atoms with van der Waals surface area (Å²) in [4.78, 5) is 0. The Morgan fingerprint density at radius 1 is 0.889 bits per heavy atom. The zero-order valence-corrected chi connectivity index (χ0v) is 11.4. The van der Waals surface area contributed by atoms with Crippen molar-refractivity contribution in [2.24, 2.45) is 0 Å². The van der Waals surface area contributed by atoms with Gasteiger partial charge in [0.2, 0.25) is 0 Å². The second-order valence-electron chi connectivity index (χ2n) is 4.93. The first kappa shape index (κ1) is 13.1. The molecule has 100 valence electrons. The summed E-state index contributed by atoms with van der Waals surface area (Å²) < 4.78 is 10.6. The Labute approximate surface area is 109 Å². The number of nitrogens with one attached hydrogen (secondary N) is 1. The maximum atomic E-state index is 5.29. The highest BCUT2D eigenvalue weighted by Gasteiger charge is 2.12. The minimum atomic E-state index is 0.587. The van der Waals surface area contributed by atoms with Crippen LogP contribution in [0.5, 0.6) is 11.5 Å². The molecule has 0 saturated heterocycles. The number of ether oxygens (including phenoxy) is 2. The van der Waals surface area contributed by atoms with E-state index in [4.69, 9.17) is 9.47 Å². The summed E-state index contributed by atoms with van der Waals surface area (Å²) in [5.41, 5.74) is 1.10. The minimum absolute atomic E-state index is 0.587. The molecule has 1 N–H and O–H groups in total. The van der Waals surface area contributed by atoms with Crippen molar-refractivity contribution in [3.8, 4) is 11.5 Å². The summed E-state index contributed by atoms with van der Waals surface area (Å²) >= 11 is 0. The molecular formula is C15H23NO2. The average Bonchev–Trinajstić information content (AvgIpc) is 2.67. The van der Waals surface area contributed by atoms with Gasteiger partial charge in [0, 0.05) is 29.9 Å². The zero-order valence-electron chi connectivity index (χ0n) is 11.4. The topological polar surface area (TPSA) is 30.5 Å². The van der Waals surface area contributed by atoms with Gasteiger partial charge in [-0.3, -0.25) is 0 Å². The lowest BCUT2D eigenvalue weighted by Gasteiger charge is -2.18. The molecule has 2 rings (SSSR count). The largest absolute Gasteiger partial charge is 0.497 e. The molecule has 0 heterocycles. The second kappa shape index (κ2) is 6.53. The van der Waals surface area contributed by atoms with E-state index in [2.05, 4.69) is 5.32 Å². The maximum absolute atomic E-state index is 5.29. The third-order valence-corrected chi connectivity index (χ3v) is 3.58. The van der Waals surface area contributed by atoms with Crippen LogP contribution in [0.1, 0.15) is 38.5 Å². The second-order valence-corrected chi connectivity index (χ2v) is 4.93. The molecule has 3 nitrogen and oxygen atoms in total. The predicted molar refractivity (Wildman–Crippen MR) is 74.7 cm³/mol. The minimum Gasteiger partial charge on any atom is -0.497 e. The maximum Gasteiger partial charge on any atom is 0.124 e. The van der Waals surface area contributed by atoms with Crippen molar-refractivity contribution in [3.63, 3.8) is 0 Å². The molecule has 1 aliphatic carbocycles. The molecule has 0 amide bonds. The van der Waals surface area contributed by atoms with Crippen LogP contribution in [0.15, 0.2) is 18.2 Å². The van der Waals surface area contributed by atoms with E-state index in [1.54, 1.807) is 14.2 Å². The normalized spacial score (nSPS) is 17.0. The Bertz CT molecular complexity index is 349. The highest BCUT2D eigenvalue weighted by Crippen LogP contribution is 2.28. The molecule has 1 saturated carbocycles. The predicted octanol–water partition coefficient (Wildman–Crippen LogP) is 3.84.